The van der Waals surface area contributed by atoms with Crippen molar-refractivity contribution >= 4 is 0 Å². The van der Waals surface area contributed by atoms with Gasteiger partial charge in [-0.25, -0.2) is 0 Å². The van der Waals surface area contributed by atoms with Crippen LogP contribution < -0.4 is 5.73 Å². The fourth-order valence-corrected chi connectivity index (χ4v) is 5.13. The predicted molar refractivity (Wildman–Crippen MR) is 79.0 cm³/mol. The highest BCUT2D eigenvalue weighted by Crippen LogP contribution is 2.54. The van der Waals surface area contributed by atoms with Crippen molar-refractivity contribution < 1.29 is 4.74 Å². The van der Waals surface area contributed by atoms with E-state index in [0.29, 0.717) is 5.92 Å². The van der Waals surface area contributed by atoms with Crippen LogP contribution in [0, 0.1) is 17.8 Å². The molecule has 2 nitrogen and oxygen atoms in total. The van der Waals surface area contributed by atoms with E-state index < -0.39 is 0 Å². The average molecular weight is 265 g/mol. The highest BCUT2D eigenvalue weighted by atomic mass is 16.5. The fraction of sp³-hybridized carbons (Fsp3) is 1.00. The van der Waals surface area contributed by atoms with Crippen LogP contribution in [0.4, 0.5) is 0 Å². The number of rotatable bonds is 2. The van der Waals surface area contributed by atoms with Crippen molar-refractivity contribution in [1.29, 1.82) is 0 Å². The summed E-state index contributed by atoms with van der Waals surface area (Å²) in [5, 5.41) is 0. The molecule has 0 bridgehead atoms. The Morgan fingerprint density at radius 2 is 1.63 bits per heavy atom. The van der Waals surface area contributed by atoms with Gasteiger partial charge in [0.15, 0.2) is 0 Å². The Morgan fingerprint density at radius 1 is 0.947 bits per heavy atom. The predicted octanol–water partition coefficient (Wildman–Crippen LogP) is 3.88. The van der Waals surface area contributed by atoms with Crippen LogP contribution in [0.25, 0.3) is 0 Å². The van der Waals surface area contributed by atoms with Crippen LogP contribution in [0.1, 0.15) is 72.6 Å². The van der Waals surface area contributed by atoms with Crippen LogP contribution in [0.15, 0.2) is 0 Å². The van der Waals surface area contributed by atoms with Gasteiger partial charge in [0.1, 0.15) is 0 Å². The standard InChI is InChI=1S/C17H31NO/c1-15(2)11-14(16(3,4)19-15)17(18)9-5-6-13(10-17)12-7-8-12/h12-14H,5-11,18H2,1-4H3. The van der Waals surface area contributed by atoms with Crippen LogP contribution in [-0.4, -0.2) is 16.7 Å². The highest BCUT2D eigenvalue weighted by Gasteiger charge is 2.55. The molecular formula is C17H31NO. The lowest BCUT2D eigenvalue weighted by molar-refractivity contribution is -0.0854. The highest BCUT2D eigenvalue weighted by molar-refractivity contribution is 5.08. The van der Waals surface area contributed by atoms with E-state index in [2.05, 4.69) is 27.7 Å². The van der Waals surface area contributed by atoms with Crippen molar-refractivity contribution in [2.45, 2.75) is 89.4 Å². The number of hydrogen-bond acceptors (Lipinski definition) is 2. The zero-order valence-electron chi connectivity index (χ0n) is 13.2. The molecule has 1 aliphatic heterocycles. The summed E-state index contributed by atoms with van der Waals surface area (Å²) in [6.07, 6.45) is 9.21. The molecule has 0 radical (unpaired) electrons. The molecule has 0 amide bonds. The van der Waals surface area contributed by atoms with Crippen molar-refractivity contribution in [2.24, 2.45) is 23.5 Å². The summed E-state index contributed by atoms with van der Waals surface area (Å²) in [5.41, 5.74) is 6.88. The maximum atomic E-state index is 6.94. The molecule has 19 heavy (non-hydrogen) atoms. The van der Waals surface area contributed by atoms with Crippen molar-refractivity contribution in [3.63, 3.8) is 0 Å². The lowest BCUT2D eigenvalue weighted by Crippen LogP contribution is -2.56. The number of hydrogen-bond donors (Lipinski definition) is 1. The van der Waals surface area contributed by atoms with Gasteiger partial charge in [-0.1, -0.05) is 12.8 Å². The molecule has 3 atom stereocenters. The van der Waals surface area contributed by atoms with Crippen LogP contribution in [0.3, 0.4) is 0 Å². The SMILES string of the molecule is CC1(C)CC(C2(N)CCCC(C3CC3)C2)C(C)(C)O1. The molecule has 0 spiro atoms. The summed E-state index contributed by atoms with van der Waals surface area (Å²) in [4.78, 5) is 0. The van der Waals surface area contributed by atoms with Crippen molar-refractivity contribution in [1.82, 2.24) is 0 Å². The smallest absolute Gasteiger partial charge is 0.0680 e. The first-order chi connectivity index (χ1) is 8.72. The van der Waals surface area contributed by atoms with E-state index in [9.17, 15) is 0 Å². The van der Waals surface area contributed by atoms with E-state index >= 15 is 0 Å². The van der Waals surface area contributed by atoms with Crippen LogP contribution in [0.5, 0.6) is 0 Å². The number of nitrogens with two attached hydrogens (primary N) is 1. The van der Waals surface area contributed by atoms with Gasteiger partial charge in [0, 0.05) is 11.5 Å². The van der Waals surface area contributed by atoms with Gasteiger partial charge in [-0.15, -0.1) is 0 Å². The lowest BCUT2D eigenvalue weighted by Gasteiger charge is -2.46. The molecule has 3 aliphatic rings. The Morgan fingerprint density at radius 3 is 2.16 bits per heavy atom. The quantitative estimate of drug-likeness (QED) is 0.822. The Kier molecular flexibility index (Phi) is 3.07. The molecule has 2 heteroatoms. The zero-order chi connectivity index (χ0) is 13.9. The minimum atomic E-state index is -0.0658. The molecule has 2 aliphatic carbocycles. The maximum Gasteiger partial charge on any atom is 0.0680 e. The Balaban J connectivity index is 1.79. The third kappa shape index (κ3) is 2.58. The molecule has 110 valence electrons. The second-order valence-corrected chi connectivity index (χ2v) is 8.65. The third-order valence-corrected chi connectivity index (χ3v) is 5.92. The minimum absolute atomic E-state index is 0.00688. The van der Waals surface area contributed by atoms with E-state index in [1.807, 2.05) is 0 Å². The van der Waals surface area contributed by atoms with Crippen LogP contribution in [-0.2, 0) is 4.74 Å². The van der Waals surface area contributed by atoms with E-state index in [0.717, 1.165) is 18.3 Å². The van der Waals surface area contributed by atoms with Crippen LogP contribution >= 0.6 is 0 Å². The molecule has 2 saturated carbocycles. The average Bonchev–Trinajstić information content (AvgIpc) is 3.05. The Bertz CT molecular complexity index is 358. The first kappa shape index (κ1) is 13.9. The fourth-order valence-electron chi connectivity index (χ4n) is 5.13. The normalized spacial score (nSPS) is 45.3. The molecular weight excluding hydrogens is 234 g/mol. The monoisotopic (exact) mass is 265 g/mol. The molecule has 3 unspecified atom stereocenters. The molecule has 3 rings (SSSR count). The van der Waals surface area contributed by atoms with Crippen molar-refractivity contribution in [3.8, 4) is 0 Å². The van der Waals surface area contributed by atoms with Gasteiger partial charge < -0.3 is 10.5 Å². The van der Waals surface area contributed by atoms with E-state index in [1.54, 1.807) is 0 Å². The summed E-state index contributed by atoms with van der Waals surface area (Å²) >= 11 is 0. The largest absolute Gasteiger partial charge is 0.369 e. The Hall–Kier alpha value is -0.0800. The summed E-state index contributed by atoms with van der Waals surface area (Å²) in [6, 6.07) is 0. The second-order valence-electron chi connectivity index (χ2n) is 8.65. The van der Waals surface area contributed by atoms with E-state index in [4.69, 9.17) is 10.5 Å². The maximum absolute atomic E-state index is 6.94. The van der Waals surface area contributed by atoms with Gasteiger partial charge in [-0.05, 0) is 71.6 Å². The van der Waals surface area contributed by atoms with Gasteiger partial charge in [0.25, 0.3) is 0 Å². The van der Waals surface area contributed by atoms with E-state index in [1.165, 1.54) is 38.5 Å². The minimum Gasteiger partial charge on any atom is -0.369 e. The Labute approximate surface area is 118 Å². The first-order valence-corrected chi connectivity index (χ1v) is 8.21. The van der Waals surface area contributed by atoms with Crippen molar-refractivity contribution in [3.05, 3.63) is 0 Å². The van der Waals surface area contributed by atoms with Crippen LogP contribution in [0.2, 0.25) is 0 Å². The molecule has 1 heterocycles. The van der Waals surface area contributed by atoms with Gasteiger partial charge in [0.05, 0.1) is 11.2 Å². The molecule has 3 fully saturated rings. The molecule has 1 saturated heterocycles. The van der Waals surface area contributed by atoms with Gasteiger partial charge >= 0.3 is 0 Å². The molecule has 2 N–H and O–H groups in total. The summed E-state index contributed by atoms with van der Waals surface area (Å²) in [7, 11) is 0. The first-order valence-electron chi connectivity index (χ1n) is 8.21. The van der Waals surface area contributed by atoms with Gasteiger partial charge in [-0.3, -0.25) is 0 Å². The zero-order valence-corrected chi connectivity index (χ0v) is 13.2. The topological polar surface area (TPSA) is 35.2 Å². The molecule has 0 aromatic rings. The second kappa shape index (κ2) is 4.21. The summed E-state index contributed by atoms with van der Waals surface area (Å²) in [6.45, 7) is 8.95. The van der Waals surface area contributed by atoms with Gasteiger partial charge in [-0.2, -0.15) is 0 Å². The summed E-state index contributed by atoms with van der Waals surface area (Å²) < 4.78 is 6.30. The molecule has 0 aromatic heterocycles. The lowest BCUT2D eigenvalue weighted by atomic mass is 9.63. The third-order valence-electron chi connectivity index (χ3n) is 5.92. The van der Waals surface area contributed by atoms with Crippen molar-refractivity contribution in [2.75, 3.05) is 0 Å². The van der Waals surface area contributed by atoms with Gasteiger partial charge in [0.2, 0.25) is 0 Å². The number of ether oxygens (including phenoxy) is 1. The van der Waals surface area contributed by atoms with E-state index in [-0.39, 0.29) is 16.7 Å². The molecule has 0 aromatic carbocycles. The summed E-state index contributed by atoms with van der Waals surface area (Å²) in [5.74, 6) is 2.41.